The topological polar surface area (TPSA) is 4.93 Å². The van der Waals surface area contributed by atoms with E-state index in [9.17, 15) is 0 Å². The van der Waals surface area contributed by atoms with E-state index in [4.69, 9.17) is 0 Å². The maximum atomic E-state index is 2.35. The largest absolute Gasteiger partial charge is 0.308 e. The van der Waals surface area contributed by atoms with Crippen molar-refractivity contribution < 1.29 is 0 Å². The Morgan fingerprint density at radius 3 is 1.96 bits per heavy atom. The highest BCUT2D eigenvalue weighted by Gasteiger charge is 2.14. The Labute approximate surface area is 140 Å². The fraction of sp³-hybridized carbons (Fsp3) is 0.0476. The van der Waals surface area contributed by atoms with Gasteiger partial charge in [-0.05, 0) is 48.9 Å². The van der Waals surface area contributed by atoms with Crippen LogP contribution < -0.4 is 0 Å². The molecule has 0 aliphatic rings. The van der Waals surface area contributed by atoms with Gasteiger partial charge in [-0.15, -0.1) is 11.3 Å². The van der Waals surface area contributed by atoms with Gasteiger partial charge in [-0.2, -0.15) is 0 Å². The van der Waals surface area contributed by atoms with E-state index in [1.54, 1.807) is 0 Å². The molecule has 0 radical (unpaired) electrons. The van der Waals surface area contributed by atoms with Gasteiger partial charge in [0.1, 0.15) is 0 Å². The van der Waals surface area contributed by atoms with E-state index in [-0.39, 0.29) is 0 Å². The monoisotopic (exact) mass is 315 g/mol. The van der Waals surface area contributed by atoms with Crippen molar-refractivity contribution in [1.82, 2.24) is 4.57 Å². The molecule has 0 amide bonds. The third-order valence-corrected chi connectivity index (χ3v) is 4.98. The average molecular weight is 315 g/mol. The normalized spacial score (nSPS) is 10.8. The van der Waals surface area contributed by atoms with Crippen LogP contribution in [0.3, 0.4) is 0 Å². The summed E-state index contributed by atoms with van der Waals surface area (Å²) in [4.78, 5) is 2.63. The lowest BCUT2D eigenvalue weighted by atomic mass is 10.1. The van der Waals surface area contributed by atoms with E-state index < -0.39 is 0 Å². The summed E-state index contributed by atoms with van der Waals surface area (Å²) in [7, 11) is 0. The fourth-order valence-corrected chi connectivity index (χ4v) is 3.77. The molecule has 4 rings (SSSR count). The van der Waals surface area contributed by atoms with E-state index in [0.717, 1.165) is 0 Å². The van der Waals surface area contributed by atoms with Crippen molar-refractivity contribution in [3.05, 3.63) is 89.8 Å². The summed E-state index contributed by atoms with van der Waals surface area (Å²) in [6, 6.07) is 30.0. The molecule has 2 aromatic carbocycles. The number of nitrogens with zero attached hydrogens (tertiary/aromatic N) is 1. The standard InChI is InChI=1S/C21H17NS/c1-16-12-15-21(23-16)20-14-13-19(17-8-4-2-5-9-17)22(20)18-10-6-3-7-11-18/h2-15H,1H3. The number of aryl methyl sites for hydroxylation is 1. The Hall–Kier alpha value is -2.58. The van der Waals surface area contributed by atoms with Crippen LogP contribution in [-0.4, -0.2) is 4.57 Å². The molecule has 0 aliphatic carbocycles. The van der Waals surface area contributed by atoms with Crippen LogP contribution in [0.4, 0.5) is 0 Å². The zero-order chi connectivity index (χ0) is 15.6. The fourth-order valence-electron chi connectivity index (χ4n) is 2.89. The van der Waals surface area contributed by atoms with Gasteiger partial charge in [0, 0.05) is 10.6 Å². The van der Waals surface area contributed by atoms with Gasteiger partial charge in [-0.1, -0.05) is 48.5 Å². The van der Waals surface area contributed by atoms with Gasteiger partial charge >= 0.3 is 0 Å². The Bertz CT molecular complexity index is 917. The van der Waals surface area contributed by atoms with Crippen LogP contribution in [0.15, 0.2) is 84.9 Å². The maximum Gasteiger partial charge on any atom is 0.0634 e. The van der Waals surface area contributed by atoms with Crippen LogP contribution in [0, 0.1) is 6.92 Å². The van der Waals surface area contributed by atoms with Crippen molar-refractivity contribution in [3.63, 3.8) is 0 Å². The van der Waals surface area contributed by atoms with Crippen LogP contribution in [0.2, 0.25) is 0 Å². The number of hydrogen-bond donors (Lipinski definition) is 0. The van der Waals surface area contributed by atoms with Gasteiger partial charge in [-0.3, -0.25) is 0 Å². The molecule has 0 spiro atoms. The van der Waals surface area contributed by atoms with Gasteiger partial charge in [0.25, 0.3) is 0 Å². The van der Waals surface area contributed by atoms with E-state index in [1.165, 1.54) is 32.4 Å². The third-order valence-electron chi connectivity index (χ3n) is 3.96. The molecule has 2 heterocycles. The van der Waals surface area contributed by atoms with Crippen LogP contribution in [-0.2, 0) is 0 Å². The molecule has 0 fully saturated rings. The van der Waals surface area contributed by atoms with Crippen molar-refractivity contribution in [2.24, 2.45) is 0 Å². The summed E-state index contributed by atoms with van der Waals surface area (Å²) >= 11 is 1.84. The molecule has 2 heteroatoms. The van der Waals surface area contributed by atoms with E-state index >= 15 is 0 Å². The summed E-state index contributed by atoms with van der Waals surface area (Å²) in [5.41, 5.74) is 4.89. The summed E-state index contributed by atoms with van der Waals surface area (Å²) in [6.07, 6.45) is 0. The number of aromatic nitrogens is 1. The minimum Gasteiger partial charge on any atom is -0.308 e. The van der Waals surface area contributed by atoms with Gasteiger partial charge in [0.05, 0.1) is 16.3 Å². The zero-order valence-corrected chi connectivity index (χ0v) is 13.8. The summed E-state index contributed by atoms with van der Waals surface area (Å²) < 4.78 is 2.35. The van der Waals surface area contributed by atoms with Gasteiger partial charge < -0.3 is 4.57 Å². The second-order valence-corrected chi connectivity index (χ2v) is 6.84. The minimum atomic E-state index is 1.19. The SMILES string of the molecule is Cc1ccc(-c2ccc(-c3ccccc3)n2-c2ccccc2)s1. The summed E-state index contributed by atoms with van der Waals surface area (Å²) in [6.45, 7) is 2.15. The molecule has 0 atom stereocenters. The van der Waals surface area contributed by atoms with Crippen LogP contribution in [0.25, 0.3) is 27.5 Å². The molecule has 1 nitrogen and oxygen atoms in total. The minimum absolute atomic E-state index is 1.19. The lowest BCUT2D eigenvalue weighted by Gasteiger charge is -2.13. The molecule has 2 aromatic heterocycles. The third kappa shape index (κ3) is 2.62. The smallest absolute Gasteiger partial charge is 0.0634 e. The molecule has 0 saturated carbocycles. The van der Waals surface area contributed by atoms with Gasteiger partial charge in [0.15, 0.2) is 0 Å². The molecule has 112 valence electrons. The predicted octanol–water partition coefficient (Wildman–Crippen LogP) is 6.18. The van der Waals surface area contributed by atoms with Crippen LogP contribution in [0.5, 0.6) is 0 Å². The average Bonchev–Trinajstić information content (AvgIpc) is 3.22. The van der Waals surface area contributed by atoms with Gasteiger partial charge in [-0.25, -0.2) is 0 Å². The second kappa shape index (κ2) is 5.90. The highest BCUT2D eigenvalue weighted by atomic mass is 32.1. The van der Waals surface area contributed by atoms with E-state index in [2.05, 4.69) is 96.4 Å². The first-order valence-electron chi connectivity index (χ1n) is 7.72. The van der Waals surface area contributed by atoms with Crippen LogP contribution in [0.1, 0.15) is 4.88 Å². The predicted molar refractivity (Wildman–Crippen MR) is 99.3 cm³/mol. The Morgan fingerprint density at radius 2 is 1.30 bits per heavy atom. The van der Waals surface area contributed by atoms with Crippen molar-refractivity contribution in [2.45, 2.75) is 6.92 Å². The molecule has 0 unspecified atom stereocenters. The first-order chi connectivity index (χ1) is 11.3. The Morgan fingerprint density at radius 1 is 0.652 bits per heavy atom. The maximum absolute atomic E-state index is 2.35. The number of hydrogen-bond acceptors (Lipinski definition) is 1. The summed E-state index contributed by atoms with van der Waals surface area (Å²) in [5, 5.41) is 0. The zero-order valence-electron chi connectivity index (χ0n) is 12.9. The Balaban J connectivity index is 1.97. The van der Waals surface area contributed by atoms with E-state index in [0.29, 0.717) is 0 Å². The molecular weight excluding hydrogens is 298 g/mol. The molecule has 0 N–H and O–H groups in total. The molecule has 0 aliphatic heterocycles. The van der Waals surface area contributed by atoms with Crippen molar-refractivity contribution in [1.29, 1.82) is 0 Å². The lowest BCUT2D eigenvalue weighted by molar-refractivity contribution is 1.10. The summed E-state index contributed by atoms with van der Waals surface area (Å²) in [5.74, 6) is 0. The first kappa shape index (κ1) is 14.0. The number of para-hydroxylation sites is 1. The van der Waals surface area contributed by atoms with Crippen LogP contribution >= 0.6 is 11.3 Å². The number of rotatable bonds is 3. The molecule has 23 heavy (non-hydrogen) atoms. The Kier molecular flexibility index (Phi) is 3.60. The van der Waals surface area contributed by atoms with Gasteiger partial charge in [0.2, 0.25) is 0 Å². The van der Waals surface area contributed by atoms with E-state index in [1.807, 2.05) is 11.3 Å². The number of benzene rings is 2. The highest BCUT2D eigenvalue weighted by Crippen LogP contribution is 2.35. The molecular formula is C21H17NS. The molecule has 4 aromatic rings. The number of thiophene rings is 1. The van der Waals surface area contributed by atoms with Crippen molar-refractivity contribution in [3.8, 4) is 27.5 Å². The van der Waals surface area contributed by atoms with Crippen molar-refractivity contribution in [2.75, 3.05) is 0 Å². The first-order valence-corrected chi connectivity index (χ1v) is 8.54. The molecule has 0 saturated heterocycles. The molecule has 0 bridgehead atoms. The highest BCUT2D eigenvalue weighted by molar-refractivity contribution is 7.15. The quantitative estimate of drug-likeness (QED) is 0.425. The second-order valence-electron chi connectivity index (χ2n) is 5.55. The van der Waals surface area contributed by atoms with Crippen molar-refractivity contribution >= 4 is 11.3 Å². The lowest BCUT2D eigenvalue weighted by Crippen LogP contribution is -1.98.